The molecule has 3 aromatic rings. The van der Waals surface area contributed by atoms with Crippen LogP contribution in [0.4, 0.5) is 21.6 Å². The number of aromatic nitrogens is 1. The number of hydrogen-bond acceptors (Lipinski definition) is 5. The molecular weight excluding hydrogens is 520 g/mol. The predicted molar refractivity (Wildman–Crippen MR) is 118 cm³/mol. The van der Waals surface area contributed by atoms with E-state index in [2.05, 4.69) is 10.0 Å². The molecule has 7 nitrogen and oxygen atoms in total. The number of hydrogen-bond donors (Lipinski definition) is 3. The molecule has 0 amide bonds. The van der Waals surface area contributed by atoms with Crippen molar-refractivity contribution in [2.45, 2.75) is 4.90 Å². The van der Waals surface area contributed by atoms with Crippen molar-refractivity contribution in [3.63, 3.8) is 0 Å². The summed E-state index contributed by atoms with van der Waals surface area (Å²) in [6.07, 6.45) is 0. The number of methoxy groups -OCH3 is 1. The lowest BCUT2D eigenvalue weighted by molar-refractivity contribution is 0.415. The molecule has 0 aliphatic heterocycles. The molecule has 0 saturated carbocycles. The zero-order valence-electron chi connectivity index (χ0n) is 14.7. The van der Waals surface area contributed by atoms with Gasteiger partial charge in [-0.2, -0.15) is 9.27 Å². The van der Waals surface area contributed by atoms with Crippen LogP contribution in [0.5, 0.6) is 5.75 Å². The second kappa shape index (κ2) is 8.19. The molecular formula is C17H16FIN3O4S2+. The maximum Gasteiger partial charge on any atom is 0.347 e. The van der Waals surface area contributed by atoms with Crippen molar-refractivity contribution in [1.82, 2.24) is 4.57 Å². The monoisotopic (exact) mass is 536 g/mol. The molecule has 0 spiro atoms. The Morgan fingerprint density at radius 3 is 2.68 bits per heavy atom. The van der Waals surface area contributed by atoms with Gasteiger partial charge in [-0.25, -0.2) is 4.39 Å². The third kappa shape index (κ3) is 4.21. The SMILES string of the molecule is COc1cc(=O)n(C)c(Nc2ccc(I)cc2F)c1N[S+](=O)(O)c1ccsc1. The zero-order chi connectivity index (χ0) is 20.5. The number of benzene rings is 1. The van der Waals surface area contributed by atoms with Gasteiger partial charge in [-0.3, -0.25) is 9.36 Å². The van der Waals surface area contributed by atoms with Gasteiger partial charge in [0.25, 0.3) is 5.56 Å². The molecule has 0 aliphatic rings. The summed E-state index contributed by atoms with van der Waals surface area (Å²) in [4.78, 5) is 12.5. The molecule has 0 saturated heterocycles. The van der Waals surface area contributed by atoms with Crippen molar-refractivity contribution in [3.8, 4) is 5.75 Å². The van der Waals surface area contributed by atoms with E-state index in [1.54, 1.807) is 11.4 Å². The number of ether oxygens (including phenoxy) is 1. The Bertz CT molecular complexity index is 1120. The highest BCUT2D eigenvalue weighted by Gasteiger charge is 2.33. The molecule has 0 fully saturated rings. The van der Waals surface area contributed by atoms with Crippen molar-refractivity contribution in [2.24, 2.45) is 7.05 Å². The van der Waals surface area contributed by atoms with Crippen LogP contribution in [0.3, 0.4) is 0 Å². The fourth-order valence-electron chi connectivity index (χ4n) is 2.41. The normalized spacial score (nSPS) is 13.0. The lowest BCUT2D eigenvalue weighted by Crippen LogP contribution is -2.26. The van der Waals surface area contributed by atoms with Gasteiger partial charge in [0, 0.05) is 22.8 Å². The minimum absolute atomic E-state index is 0.0496. The first-order valence-corrected chi connectivity index (χ1v) is 11.3. The Balaban J connectivity index is 2.14. The van der Waals surface area contributed by atoms with Crippen molar-refractivity contribution >= 4 is 61.5 Å². The third-order valence-electron chi connectivity index (χ3n) is 3.86. The van der Waals surface area contributed by atoms with E-state index in [9.17, 15) is 17.9 Å². The number of nitrogens with one attached hydrogen (secondary N) is 2. The number of nitrogens with zero attached hydrogens (tertiary/aromatic N) is 1. The van der Waals surface area contributed by atoms with Gasteiger partial charge >= 0.3 is 10.4 Å². The van der Waals surface area contributed by atoms with Gasteiger partial charge in [0.2, 0.25) is 4.90 Å². The highest BCUT2D eigenvalue weighted by Crippen LogP contribution is 2.36. The Morgan fingerprint density at radius 1 is 1.32 bits per heavy atom. The summed E-state index contributed by atoms with van der Waals surface area (Å²) >= 11 is 3.25. The van der Waals surface area contributed by atoms with E-state index < -0.39 is 21.8 Å². The molecule has 28 heavy (non-hydrogen) atoms. The Morgan fingerprint density at radius 2 is 2.07 bits per heavy atom. The van der Waals surface area contributed by atoms with Crippen LogP contribution in [-0.2, 0) is 21.7 Å². The van der Waals surface area contributed by atoms with Crippen molar-refractivity contribution in [2.75, 3.05) is 17.1 Å². The van der Waals surface area contributed by atoms with Crippen LogP contribution in [0.2, 0.25) is 0 Å². The first-order chi connectivity index (χ1) is 13.2. The van der Waals surface area contributed by atoms with Crippen molar-refractivity contribution < 1.29 is 17.9 Å². The van der Waals surface area contributed by atoms with E-state index in [0.29, 0.717) is 3.57 Å². The van der Waals surface area contributed by atoms with Crippen molar-refractivity contribution in [1.29, 1.82) is 0 Å². The summed E-state index contributed by atoms with van der Waals surface area (Å²) in [5.74, 6) is -0.398. The lowest BCUT2D eigenvalue weighted by Gasteiger charge is -2.18. The van der Waals surface area contributed by atoms with E-state index in [0.717, 1.165) is 0 Å². The number of halogens is 2. The molecule has 3 N–H and O–H groups in total. The molecule has 1 atom stereocenters. The molecule has 0 radical (unpaired) electrons. The highest BCUT2D eigenvalue weighted by molar-refractivity contribution is 14.1. The summed E-state index contributed by atoms with van der Waals surface area (Å²) in [6, 6.07) is 7.23. The van der Waals surface area contributed by atoms with Gasteiger partial charge in [-0.15, -0.1) is 11.3 Å². The number of pyridine rings is 1. The van der Waals surface area contributed by atoms with Crippen LogP contribution in [0.15, 0.2) is 50.8 Å². The summed E-state index contributed by atoms with van der Waals surface area (Å²) < 4.78 is 47.3. The van der Waals surface area contributed by atoms with Gasteiger partial charge in [0.1, 0.15) is 11.6 Å². The number of thiophene rings is 1. The smallest absolute Gasteiger partial charge is 0.347 e. The molecule has 0 aliphatic carbocycles. The number of anilines is 3. The molecule has 0 bridgehead atoms. The standard InChI is InChI=1S/C17H15FIN3O4S2/c1-22-15(23)8-14(26-2)16(21-28(24,25)11-5-6-27-9-11)17(22)20-13-4-3-10(19)7-12(13)18/h3-9H,1-2H3,(H2-,20,21,23,24,25)/p+1. The fraction of sp³-hybridized carbons (Fsp3) is 0.118. The van der Waals surface area contributed by atoms with Crippen molar-refractivity contribution in [3.05, 3.63) is 60.8 Å². The predicted octanol–water partition coefficient (Wildman–Crippen LogP) is 4.30. The van der Waals surface area contributed by atoms with Gasteiger partial charge in [0.15, 0.2) is 11.4 Å². The van der Waals surface area contributed by atoms with Crippen LogP contribution in [0.1, 0.15) is 0 Å². The third-order valence-corrected chi connectivity index (χ3v) is 6.74. The first kappa shape index (κ1) is 20.8. The Hall–Kier alpha value is -1.96. The maximum atomic E-state index is 14.3. The second-order valence-electron chi connectivity index (χ2n) is 5.67. The summed E-state index contributed by atoms with van der Waals surface area (Å²) in [5, 5.41) is 6.04. The van der Waals surface area contributed by atoms with E-state index in [1.165, 1.54) is 59.7 Å². The van der Waals surface area contributed by atoms with Gasteiger partial charge in [-0.1, -0.05) is 0 Å². The summed E-state index contributed by atoms with van der Waals surface area (Å²) in [7, 11) is -0.889. The average molecular weight is 536 g/mol. The molecule has 11 heteroatoms. The Labute approximate surface area is 179 Å². The quantitative estimate of drug-likeness (QED) is 0.323. The van der Waals surface area contributed by atoms with E-state index >= 15 is 0 Å². The minimum atomic E-state index is -3.68. The second-order valence-corrected chi connectivity index (χ2v) is 9.42. The van der Waals surface area contributed by atoms with Crippen LogP contribution < -0.4 is 20.3 Å². The molecule has 1 unspecified atom stereocenters. The Kier molecular flexibility index (Phi) is 6.07. The van der Waals surface area contributed by atoms with Crippen LogP contribution in [0.25, 0.3) is 0 Å². The number of rotatable bonds is 6. The average Bonchev–Trinajstić information content (AvgIpc) is 3.18. The lowest BCUT2D eigenvalue weighted by atomic mass is 10.3. The summed E-state index contributed by atoms with van der Waals surface area (Å²) in [5.41, 5.74) is -0.274. The molecule has 2 heterocycles. The fourth-order valence-corrected chi connectivity index (χ4v) is 5.00. The van der Waals surface area contributed by atoms with Crippen LogP contribution in [-0.4, -0.2) is 16.2 Å². The maximum absolute atomic E-state index is 14.3. The molecule has 2 aromatic heterocycles. The van der Waals surface area contributed by atoms with Gasteiger partial charge in [-0.05, 0) is 50.4 Å². The van der Waals surface area contributed by atoms with Crippen LogP contribution >= 0.6 is 33.9 Å². The van der Waals surface area contributed by atoms with E-state index in [-0.39, 0.29) is 27.8 Å². The largest absolute Gasteiger partial charge is 0.494 e. The molecule has 1 aromatic carbocycles. The topological polar surface area (TPSA) is 92.6 Å². The van der Waals surface area contributed by atoms with Crippen LogP contribution in [0, 0.1) is 9.39 Å². The molecule has 3 rings (SSSR count). The summed E-state index contributed by atoms with van der Waals surface area (Å²) in [6.45, 7) is 0. The van der Waals surface area contributed by atoms with E-state index in [1.807, 2.05) is 22.6 Å². The zero-order valence-corrected chi connectivity index (χ0v) is 18.5. The van der Waals surface area contributed by atoms with E-state index in [4.69, 9.17) is 4.74 Å². The first-order valence-electron chi connectivity index (χ1n) is 7.79. The minimum Gasteiger partial charge on any atom is -0.494 e. The molecule has 148 valence electrons. The van der Waals surface area contributed by atoms with Gasteiger partial charge < -0.3 is 10.1 Å². The highest BCUT2D eigenvalue weighted by atomic mass is 127. The van der Waals surface area contributed by atoms with Gasteiger partial charge in [0.05, 0.1) is 18.2 Å².